The molecule has 0 aromatic carbocycles. The first kappa shape index (κ1) is 8.64. The summed E-state index contributed by atoms with van der Waals surface area (Å²) < 4.78 is 2.72. The Bertz CT molecular complexity index is 370. The number of nitrogens with zero attached hydrogens (tertiary/aromatic N) is 4. The second-order valence-corrected chi connectivity index (χ2v) is 4.40. The highest BCUT2D eigenvalue weighted by molar-refractivity contribution is 9.10. The SMILES string of the molecule is Nc1nnc(Cn2cc(Br)cn2)s1. The van der Waals surface area contributed by atoms with Gasteiger partial charge in [0.25, 0.3) is 0 Å². The van der Waals surface area contributed by atoms with Crippen molar-refractivity contribution in [2.24, 2.45) is 0 Å². The van der Waals surface area contributed by atoms with Crippen molar-refractivity contribution >= 4 is 32.4 Å². The Morgan fingerprint density at radius 2 is 2.38 bits per heavy atom. The number of hydrogen-bond donors (Lipinski definition) is 1. The van der Waals surface area contributed by atoms with Crippen molar-refractivity contribution in [2.45, 2.75) is 6.54 Å². The molecule has 2 heterocycles. The lowest BCUT2D eigenvalue weighted by Gasteiger charge is -1.93. The smallest absolute Gasteiger partial charge is 0.203 e. The van der Waals surface area contributed by atoms with Crippen molar-refractivity contribution in [2.75, 3.05) is 5.73 Å². The minimum atomic E-state index is 0.487. The Kier molecular flexibility index (Phi) is 2.28. The predicted octanol–water partition coefficient (Wildman–Crippen LogP) is 1.13. The Morgan fingerprint density at radius 3 is 2.92 bits per heavy atom. The molecule has 5 nitrogen and oxygen atoms in total. The fraction of sp³-hybridized carbons (Fsp3) is 0.167. The number of aromatic nitrogens is 4. The molecule has 0 aliphatic rings. The zero-order chi connectivity index (χ0) is 9.26. The summed E-state index contributed by atoms with van der Waals surface area (Å²) in [7, 11) is 0. The second kappa shape index (κ2) is 3.43. The van der Waals surface area contributed by atoms with Gasteiger partial charge in [0.05, 0.1) is 17.2 Å². The van der Waals surface area contributed by atoms with Gasteiger partial charge in [-0.05, 0) is 15.9 Å². The van der Waals surface area contributed by atoms with E-state index in [0.717, 1.165) is 9.48 Å². The van der Waals surface area contributed by atoms with Crippen LogP contribution in [-0.4, -0.2) is 20.0 Å². The van der Waals surface area contributed by atoms with Gasteiger partial charge >= 0.3 is 0 Å². The van der Waals surface area contributed by atoms with Gasteiger partial charge in [0.2, 0.25) is 5.13 Å². The molecule has 0 unspecified atom stereocenters. The van der Waals surface area contributed by atoms with E-state index in [1.807, 2.05) is 6.20 Å². The van der Waals surface area contributed by atoms with Crippen molar-refractivity contribution in [1.29, 1.82) is 0 Å². The molecule has 0 saturated carbocycles. The standard InChI is InChI=1S/C6H6BrN5S/c7-4-1-9-12(2-4)3-5-10-11-6(8)13-5/h1-2H,3H2,(H2,8,11). The highest BCUT2D eigenvalue weighted by Gasteiger charge is 2.02. The Hall–Kier alpha value is -0.950. The summed E-state index contributed by atoms with van der Waals surface area (Å²) in [6.07, 6.45) is 3.60. The lowest BCUT2D eigenvalue weighted by molar-refractivity contribution is 0.677. The molecule has 0 atom stereocenters. The number of hydrogen-bond acceptors (Lipinski definition) is 5. The zero-order valence-electron chi connectivity index (χ0n) is 6.51. The largest absolute Gasteiger partial charge is 0.374 e. The Labute approximate surface area is 86.7 Å². The van der Waals surface area contributed by atoms with E-state index in [1.165, 1.54) is 11.3 Å². The molecule has 0 saturated heterocycles. The number of nitrogens with two attached hydrogens (primary N) is 1. The summed E-state index contributed by atoms with van der Waals surface area (Å²) in [4.78, 5) is 0. The maximum Gasteiger partial charge on any atom is 0.203 e. The van der Waals surface area contributed by atoms with Gasteiger partial charge in [0.15, 0.2) is 0 Å². The van der Waals surface area contributed by atoms with Crippen LogP contribution in [0.25, 0.3) is 0 Å². The number of anilines is 1. The van der Waals surface area contributed by atoms with Crippen LogP contribution in [0.5, 0.6) is 0 Å². The number of rotatable bonds is 2. The van der Waals surface area contributed by atoms with Crippen LogP contribution in [0.15, 0.2) is 16.9 Å². The molecule has 2 aromatic rings. The molecule has 68 valence electrons. The minimum Gasteiger partial charge on any atom is -0.374 e. The maximum atomic E-state index is 5.44. The van der Waals surface area contributed by atoms with Crippen molar-refractivity contribution in [1.82, 2.24) is 20.0 Å². The molecule has 0 bridgehead atoms. The van der Waals surface area contributed by atoms with Gasteiger partial charge in [-0.15, -0.1) is 10.2 Å². The minimum absolute atomic E-state index is 0.487. The number of halogens is 1. The summed E-state index contributed by atoms with van der Waals surface area (Å²) in [5.74, 6) is 0. The van der Waals surface area contributed by atoms with Crippen LogP contribution in [0.3, 0.4) is 0 Å². The van der Waals surface area contributed by atoms with Crippen molar-refractivity contribution < 1.29 is 0 Å². The fourth-order valence-electron chi connectivity index (χ4n) is 0.894. The molecule has 0 spiro atoms. The van der Waals surface area contributed by atoms with E-state index >= 15 is 0 Å². The van der Waals surface area contributed by atoms with Crippen LogP contribution in [0, 0.1) is 0 Å². The first-order valence-electron chi connectivity index (χ1n) is 3.50. The Balaban J connectivity index is 2.14. The van der Waals surface area contributed by atoms with Crippen LogP contribution in [0.2, 0.25) is 0 Å². The molecule has 0 amide bonds. The highest BCUT2D eigenvalue weighted by Crippen LogP contribution is 2.13. The van der Waals surface area contributed by atoms with E-state index in [4.69, 9.17) is 5.73 Å². The summed E-state index contributed by atoms with van der Waals surface area (Å²) in [6, 6.07) is 0. The van der Waals surface area contributed by atoms with E-state index < -0.39 is 0 Å². The molecule has 0 fully saturated rings. The molecule has 0 aliphatic carbocycles. The molecule has 0 radical (unpaired) electrons. The summed E-state index contributed by atoms with van der Waals surface area (Å²) in [5.41, 5.74) is 5.44. The topological polar surface area (TPSA) is 69.6 Å². The molecule has 2 N–H and O–H groups in total. The monoisotopic (exact) mass is 259 g/mol. The molecular weight excluding hydrogens is 254 g/mol. The molecule has 2 rings (SSSR count). The quantitative estimate of drug-likeness (QED) is 0.878. The zero-order valence-corrected chi connectivity index (χ0v) is 8.92. The lowest BCUT2D eigenvalue weighted by Crippen LogP contribution is -1.98. The van der Waals surface area contributed by atoms with E-state index in [0.29, 0.717) is 11.7 Å². The van der Waals surface area contributed by atoms with Gasteiger partial charge < -0.3 is 5.73 Å². The fourth-order valence-corrected chi connectivity index (χ4v) is 1.82. The van der Waals surface area contributed by atoms with Crippen LogP contribution < -0.4 is 5.73 Å². The average molecular weight is 260 g/mol. The third kappa shape index (κ3) is 2.04. The van der Waals surface area contributed by atoms with Gasteiger partial charge in [-0.25, -0.2) is 0 Å². The summed E-state index contributed by atoms with van der Waals surface area (Å²) in [5, 5.41) is 13.0. The molecule has 7 heteroatoms. The molecule has 0 aliphatic heterocycles. The third-order valence-electron chi connectivity index (χ3n) is 1.38. The Morgan fingerprint density at radius 1 is 1.54 bits per heavy atom. The highest BCUT2D eigenvalue weighted by atomic mass is 79.9. The van der Waals surface area contributed by atoms with E-state index in [-0.39, 0.29) is 0 Å². The van der Waals surface area contributed by atoms with Gasteiger partial charge in [0.1, 0.15) is 5.01 Å². The normalized spacial score (nSPS) is 10.5. The van der Waals surface area contributed by atoms with Crippen LogP contribution in [0.4, 0.5) is 5.13 Å². The van der Waals surface area contributed by atoms with Gasteiger partial charge in [-0.3, -0.25) is 4.68 Å². The predicted molar refractivity (Wildman–Crippen MR) is 53.4 cm³/mol. The molecular formula is C6H6BrN5S. The number of nitrogen functional groups attached to an aromatic ring is 1. The first-order valence-corrected chi connectivity index (χ1v) is 5.11. The summed E-state index contributed by atoms with van der Waals surface area (Å²) in [6.45, 7) is 0.612. The van der Waals surface area contributed by atoms with Crippen molar-refractivity contribution in [3.63, 3.8) is 0 Å². The van der Waals surface area contributed by atoms with Gasteiger partial charge in [-0.2, -0.15) is 5.10 Å². The summed E-state index contributed by atoms with van der Waals surface area (Å²) >= 11 is 4.68. The van der Waals surface area contributed by atoms with Crippen molar-refractivity contribution in [3.05, 3.63) is 21.9 Å². The second-order valence-electron chi connectivity index (χ2n) is 2.39. The molecule has 13 heavy (non-hydrogen) atoms. The average Bonchev–Trinajstić information content (AvgIpc) is 2.62. The van der Waals surface area contributed by atoms with Gasteiger partial charge in [-0.1, -0.05) is 11.3 Å². The third-order valence-corrected chi connectivity index (χ3v) is 2.53. The van der Waals surface area contributed by atoms with Crippen LogP contribution in [-0.2, 0) is 6.54 Å². The van der Waals surface area contributed by atoms with Crippen LogP contribution in [0.1, 0.15) is 5.01 Å². The van der Waals surface area contributed by atoms with Crippen molar-refractivity contribution in [3.8, 4) is 0 Å². The lowest BCUT2D eigenvalue weighted by atomic mass is 10.7. The molecule has 2 aromatic heterocycles. The maximum absolute atomic E-state index is 5.44. The van der Waals surface area contributed by atoms with E-state index in [1.54, 1.807) is 10.9 Å². The van der Waals surface area contributed by atoms with Crippen LogP contribution >= 0.6 is 27.3 Å². The van der Waals surface area contributed by atoms with E-state index in [2.05, 4.69) is 31.2 Å². The first-order chi connectivity index (χ1) is 6.24. The van der Waals surface area contributed by atoms with E-state index in [9.17, 15) is 0 Å². The van der Waals surface area contributed by atoms with Gasteiger partial charge in [0, 0.05) is 6.20 Å².